The van der Waals surface area contributed by atoms with Gasteiger partial charge in [0.25, 0.3) is 0 Å². The Morgan fingerprint density at radius 3 is 1.80 bits per heavy atom. The molecule has 0 saturated carbocycles. The van der Waals surface area contributed by atoms with E-state index in [1.807, 2.05) is 0 Å². The van der Waals surface area contributed by atoms with E-state index in [-0.39, 0.29) is 0 Å². The van der Waals surface area contributed by atoms with Gasteiger partial charge in [0.2, 0.25) is 0 Å². The average molecular weight is 77.9 g/mol. The van der Waals surface area contributed by atoms with Crippen LogP contribution in [0.3, 0.4) is 0 Å². The van der Waals surface area contributed by atoms with Crippen LogP contribution in [0.1, 0.15) is 0 Å². The SMILES string of the molecule is OB(O)CF. The molecule has 0 aliphatic carbocycles. The predicted molar refractivity (Wildman–Crippen MR) is 16.2 cm³/mol. The molecule has 5 heavy (non-hydrogen) atoms. The summed E-state index contributed by atoms with van der Waals surface area (Å²) in [5, 5.41) is 15.1. The van der Waals surface area contributed by atoms with Crippen molar-refractivity contribution in [3.05, 3.63) is 0 Å². The Morgan fingerprint density at radius 2 is 1.80 bits per heavy atom. The molecule has 0 bridgehead atoms. The first-order chi connectivity index (χ1) is 2.27. The molecule has 0 aromatic heterocycles. The summed E-state index contributed by atoms with van der Waals surface area (Å²) in [6.07, 6.45) is 0. The molecule has 0 aliphatic heterocycles. The largest absolute Gasteiger partial charge is 0.484 e. The summed E-state index contributed by atoms with van der Waals surface area (Å²) in [5.41, 5.74) is 0. The third kappa shape index (κ3) is 3.91. The maximum Gasteiger partial charge on any atom is 0.484 e. The van der Waals surface area contributed by atoms with Crippen molar-refractivity contribution >= 4 is 7.12 Å². The first-order valence-electron chi connectivity index (χ1n) is 1.19. The van der Waals surface area contributed by atoms with Crippen LogP contribution in [0.25, 0.3) is 0 Å². The highest BCUT2D eigenvalue weighted by Gasteiger charge is 2.01. The van der Waals surface area contributed by atoms with E-state index in [9.17, 15) is 4.39 Å². The van der Waals surface area contributed by atoms with Crippen LogP contribution < -0.4 is 0 Å². The van der Waals surface area contributed by atoms with Crippen molar-refractivity contribution < 1.29 is 14.4 Å². The van der Waals surface area contributed by atoms with E-state index in [0.717, 1.165) is 0 Å². The summed E-state index contributed by atoms with van der Waals surface area (Å²) < 4.78 is 10.6. The normalized spacial score (nSPS) is 7.80. The zero-order chi connectivity index (χ0) is 4.28. The Labute approximate surface area is 29.4 Å². The Balaban J connectivity index is 2.54. The van der Waals surface area contributed by atoms with Crippen LogP contribution in [0.15, 0.2) is 0 Å². The molecule has 0 atom stereocenters. The van der Waals surface area contributed by atoms with Crippen LogP contribution in [0.5, 0.6) is 0 Å². The molecule has 0 aliphatic rings. The topological polar surface area (TPSA) is 40.5 Å². The van der Waals surface area contributed by atoms with Crippen LogP contribution >= 0.6 is 0 Å². The van der Waals surface area contributed by atoms with Gasteiger partial charge in [-0.15, -0.1) is 0 Å². The van der Waals surface area contributed by atoms with Gasteiger partial charge in [0.1, 0.15) is 6.57 Å². The molecule has 0 spiro atoms. The van der Waals surface area contributed by atoms with Gasteiger partial charge in [-0.05, 0) is 0 Å². The van der Waals surface area contributed by atoms with Gasteiger partial charge in [-0.1, -0.05) is 0 Å². The summed E-state index contributed by atoms with van der Waals surface area (Å²) in [4.78, 5) is 0. The molecule has 0 saturated heterocycles. The number of alkyl halides is 1. The second-order valence-corrected chi connectivity index (χ2v) is 0.635. The van der Waals surface area contributed by atoms with Crippen molar-refractivity contribution in [2.75, 3.05) is 6.57 Å². The number of rotatable bonds is 1. The molecule has 2 N–H and O–H groups in total. The molecule has 30 valence electrons. The molecule has 0 unspecified atom stereocenters. The lowest BCUT2D eigenvalue weighted by Crippen LogP contribution is -2.12. The lowest BCUT2D eigenvalue weighted by Gasteiger charge is -1.78. The zero-order valence-corrected chi connectivity index (χ0v) is 2.56. The van der Waals surface area contributed by atoms with E-state index in [1.54, 1.807) is 0 Å². The highest BCUT2D eigenvalue weighted by molar-refractivity contribution is 6.40. The third-order valence-corrected chi connectivity index (χ3v) is 0.138. The summed E-state index contributed by atoms with van der Waals surface area (Å²) in [6.45, 7) is -1.08. The first kappa shape index (κ1) is 4.91. The second kappa shape index (κ2) is 2.17. The highest BCUT2D eigenvalue weighted by atomic mass is 19.1. The molecular formula is CH4BFO2. The van der Waals surface area contributed by atoms with Crippen molar-refractivity contribution in [1.29, 1.82) is 0 Å². The van der Waals surface area contributed by atoms with E-state index < -0.39 is 13.7 Å². The molecule has 2 nitrogen and oxygen atoms in total. The predicted octanol–water partition coefficient (Wildman–Crippen LogP) is -1.03. The van der Waals surface area contributed by atoms with Crippen LogP contribution in [-0.2, 0) is 0 Å². The van der Waals surface area contributed by atoms with Crippen LogP contribution in [0.4, 0.5) is 4.39 Å². The first-order valence-corrected chi connectivity index (χ1v) is 1.19. The standard InChI is InChI=1S/CH4BFO2/c3-1-2(4)5/h4-5H,1H2. The lowest BCUT2D eigenvalue weighted by molar-refractivity contribution is 0.371. The third-order valence-electron chi connectivity index (χ3n) is 0.138. The van der Waals surface area contributed by atoms with Gasteiger partial charge in [-0.25, -0.2) is 0 Å². The van der Waals surface area contributed by atoms with E-state index in [0.29, 0.717) is 0 Å². The molecule has 0 amide bonds. The molecular weight excluding hydrogens is 73.8 g/mol. The molecule has 0 heterocycles. The molecule has 0 rings (SSSR count). The number of hydrogen-bond acceptors (Lipinski definition) is 2. The fourth-order valence-corrected chi connectivity index (χ4v) is 0. The van der Waals surface area contributed by atoms with Crippen molar-refractivity contribution in [1.82, 2.24) is 0 Å². The Hall–Kier alpha value is -0.0851. The van der Waals surface area contributed by atoms with Gasteiger partial charge in [-0.2, -0.15) is 0 Å². The fourth-order valence-electron chi connectivity index (χ4n) is 0. The highest BCUT2D eigenvalue weighted by Crippen LogP contribution is 1.64. The van der Waals surface area contributed by atoms with Gasteiger partial charge in [0.15, 0.2) is 0 Å². The number of halogens is 1. The van der Waals surface area contributed by atoms with Crippen LogP contribution in [-0.4, -0.2) is 23.7 Å². The zero-order valence-electron chi connectivity index (χ0n) is 2.56. The Kier molecular flexibility index (Phi) is 2.13. The van der Waals surface area contributed by atoms with E-state index in [4.69, 9.17) is 10.0 Å². The van der Waals surface area contributed by atoms with E-state index in [2.05, 4.69) is 0 Å². The quantitative estimate of drug-likeness (QED) is 0.393. The smallest absolute Gasteiger partial charge is 0.425 e. The van der Waals surface area contributed by atoms with Crippen molar-refractivity contribution in [3.8, 4) is 0 Å². The summed E-state index contributed by atoms with van der Waals surface area (Å²) in [5.74, 6) is 0. The Morgan fingerprint density at radius 1 is 1.60 bits per heavy atom. The van der Waals surface area contributed by atoms with Gasteiger partial charge >= 0.3 is 7.12 Å². The minimum atomic E-state index is -1.78. The van der Waals surface area contributed by atoms with Gasteiger partial charge < -0.3 is 10.0 Å². The molecule has 0 aromatic rings. The second-order valence-electron chi connectivity index (χ2n) is 0.635. The maximum absolute atomic E-state index is 10.6. The minimum absolute atomic E-state index is 1.08. The van der Waals surface area contributed by atoms with Crippen LogP contribution in [0.2, 0.25) is 0 Å². The number of hydrogen-bond donors (Lipinski definition) is 2. The van der Waals surface area contributed by atoms with Gasteiger partial charge in [0.05, 0.1) is 0 Å². The van der Waals surface area contributed by atoms with Gasteiger partial charge in [0, 0.05) is 0 Å². The molecule has 0 radical (unpaired) electrons. The summed E-state index contributed by atoms with van der Waals surface area (Å²) in [7, 11) is -1.78. The van der Waals surface area contributed by atoms with E-state index in [1.165, 1.54) is 0 Å². The lowest BCUT2D eigenvalue weighted by atomic mass is 9.96. The monoisotopic (exact) mass is 78.0 g/mol. The van der Waals surface area contributed by atoms with Gasteiger partial charge in [-0.3, -0.25) is 4.39 Å². The summed E-state index contributed by atoms with van der Waals surface area (Å²) in [6, 6.07) is 0. The molecule has 0 aromatic carbocycles. The summed E-state index contributed by atoms with van der Waals surface area (Å²) >= 11 is 0. The molecule has 0 fully saturated rings. The Bertz CT molecular complexity index is 23.6. The van der Waals surface area contributed by atoms with Crippen molar-refractivity contribution in [2.45, 2.75) is 0 Å². The fraction of sp³-hybridized carbons (Fsp3) is 1.00. The maximum atomic E-state index is 10.6. The van der Waals surface area contributed by atoms with E-state index >= 15 is 0 Å². The minimum Gasteiger partial charge on any atom is -0.425 e. The average Bonchev–Trinajstić information content (AvgIpc) is 1.38. The van der Waals surface area contributed by atoms with Crippen molar-refractivity contribution in [2.24, 2.45) is 0 Å². The van der Waals surface area contributed by atoms with Crippen LogP contribution in [0, 0.1) is 0 Å². The molecule has 4 heteroatoms. The van der Waals surface area contributed by atoms with Crippen molar-refractivity contribution in [3.63, 3.8) is 0 Å².